The van der Waals surface area contributed by atoms with Crippen LogP contribution < -0.4 is 0 Å². The first-order chi connectivity index (χ1) is 18.7. The summed E-state index contributed by atoms with van der Waals surface area (Å²) in [6.45, 7) is 0. The van der Waals surface area contributed by atoms with E-state index in [2.05, 4.69) is 77.8 Å². The molecule has 38 heavy (non-hydrogen) atoms. The van der Waals surface area contributed by atoms with Crippen LogP contribution in [0.4, 0.5) is 0 Å². The molecule has 0 amide bonds. The molecule has 0 aliphatic heterocycles. The van der Waals surface area contributed by atoms with E-state index in [1.54, 1.807) is 18.5 Å². The first kappa shape index (κ1) is 22.0. The van der Waals surface area contributed by atoms with Crippen LogP contribution in [-0.2, 0) is 0 Å². The van der Waals surface area contributed by atoms with Crippen molar-refractivity contribution in [2.75, 3.05) is 0 Å². The zero-order valence-corrected chi connectivity index (χ0v) is 20.3. The highest BCUT2D eigenvalue weighted by atomic mass is 16.3. The monoisotopic (exact) mass is 490 g/mol. The second kappa shape index (κ2) is 8.71. The van der Waals surface area contributed by atoms with E-state index in [9.17, 15) is 5.11 Å². The molecule has 0 atom stereocenters. The maximum atomic E-state index is 9.72. The van der Waals surface area contributed by atoms with Crippen LogP contribution in [-0.4, -0.2) is 16.0 Å². The maximum Gasteiger partial charge on any atom is 0.225 e. The maximum absolute atomic E-state index is 9.72. The van der Waals surface area contributed by atoms with Gasteiger partial charge in [0, 0.05) is 11.1 Å². The Labute approximate surface area is 219 Å². The highest BCUT2D eigenvalue weighted by molar-refractivity contribution is 6.26. The van der Waals surface area contributed by atoms with Crippen LogP contribution in [0.1, 0.15) is 5.56 Å². The zero-order chi connectivity index (χ0) is 25.6. The number of oxazole rings is 1. The predicted molar refractivity (Wildman–Crippen MR) is 155 cm³/mol. The number of aromatic nitrogens is 1. The van der Waals surface area contributed by atoms with Crippen LogP contribution >= 0.6 is 0 Å². The Bertz CT molecular complexity index is 2010. The Balaban J connectivity index is 1.48. The summed E-state index contributed by atoms with van der Waals surface area (Å²) in [4.78, 5) is 4.31. The number of aliphatic hydroxyl groups excluding tert-OH is 1. The number of hydrogen-bond donors (Lipinski definition) is 2. The van der Waals surface area contributed by atoms with Gasteiger partial charge in [0.15, 0.2) is 0 Å². The average Bonchev–Trinajstić information content (AvgIpc) is 3.52. The van der Waals surface area contributed by atoms with Crippen molar-refractivity contribution in [1.82, 2.24) is 4.98 Å². The van der Waals surface area contributed by atoms with Gasteiger partial charge in [0.2, 0.25) is 11.8 Å². The molecule has 4 heteroatoms. The Kier molecular flexibility index (Phi) is 5.05. The lowest BCUT2D eigenvalue weighted by atomic mass is 9.90. The van der Waals surface area contributed by atoms with E-state index in [4.69, 9.17) is 9.83 Å². The standard InChI is InChI=1S/C34H22N2O2/c35-33(37)25-7-3-5-21(17-25)23-11-13-29-27-9-1-2-10-28(27)30-14-12-24(20-32(30)31(29)19-23)22-6-4-8-26(18-22)34-36-15-16-38-34/h1-20H,(H2,35,37). The van der Waals surface area contributed by atoms with E-state index in [0.29, 0.717) is 11.5 Å². The number of fused-ring (bicyclic) bond motifs is 6. The molecule has 0 spiro atoms. The van der Waals surface area contributed by atoms with Crippen molar-refractivity contribution in [3.63, 3.8) is 0 Å². The molecular formula is C34H22N2O2. The zero-order valence-electron chi connectivity index (χ0n) is 20.3. The number of benzene rings is 6. The lowest BCUT2D eigenvalue weighted by Crippen LogP contribution is -1.95. The Hall–Kier alpha value is -5.22. The summed E-state index contributed by atoms with van der Waals surface area (Å²) in [6, 6.07) is 37.4. The van der Waals surface area contributed by atoms with Gasteiger partial charge in [-0.2, -0.15) is 0 Å². The summed E-state index contributed by atoms with van der Waals surface area (Å²) in [5.74, 6) is 0.174. The van der Waals surface area contributed by atoms with E-state index in [-0.39, 0.29) is 0 Å². The van der Waals surface area contributed by atoms with Gasteiger partial charge in [0.25, 0.3) is 0 Å². The van der Waals surface area contributed by atoms with E-state index in [1.807, 2.05) is 30.3 Å². The molecule has 2 N–H and O–H groups in total. The van der Waals surface area contributed by atoms with Gasteiger partial charge in [0.05, 0.1) is 6.20 Å². The molecule has 1 aromatic heterocycles. The van der Waals surface area contributed by atoms with Gasteiger partial charge in [0.1, 0.15) is 6.26 Å². The van der Waals surface area contributed by atoms with Crippen LogP contribution in [0.3, 0.4) is 0 Å². The molecule has 0 saturated carbocycles. The molecule has 0 aliphatic carbocycles. The third-order valence-corrected chi connectivity index (χ3v) is 7.18. The minimum atomic E-state index is -0.430. The summed E-state index contributed by atoms with van der Waals surface area (Å²) in [7, 11) is 0. The minimum Gasteiger partial charge on any atom is -0.493 e. The molecular weight excluding hydrogens is 468 g/mol. The van der Waals surface area contributed by atoms with Crippen molar-refractivity contribution in [2.24, 2.45) is 0 Å². The van der Waals surface area contributed by atoms with E-state index in [1.165, 1.54) is 26.9 Å². The predicted octanol–water partition coefficient (Wildman–Crippen LogP) is 9.02. The van der Waals surface area contributed by atoms with Crippen molar-refractivity contribution in [2.45, 2.75) is 0 Å². The Morgan fingerprint density at radius 1 is 0.553 bits per heavy atom. The summed E-state index contributed by atoms with van der Waals surface area (Å²) >= 11 is 0. The van der Waals surface area contributed by atoms with Crippen LogP contribution in [0.5, 0.6) is 0 Å². The Morgan fingerprint density at radius 2 is 1.11 bits per heavy atom. The fourth-order valence-corrected chi connectivity index (χ4v) is 5.36. The fraction of sp³-hybridized carbons (Fsp3) is 0. The van der Waals surface area contributed by atoms with Gasteiger partial charge >= 0.3 is 0 Å². The molecule has 0 radical (unpaired) electrons. The summed E-state index contributed by atoms with van der Waals surface area (Å²) in [5, 5.41) is 24.5. The largest absolute Gasteiger partial charge is 0.493 e. The number of rotatable bonds is 4. The van der Waals surface area contributed by atoms with Gasteiger partial charge in [-0.15, -0.1) is 0 Å². The second-order valence-electron chi connectivity index (χ2n) is 9.41. The van der Waals surface area contributed by atoms with Gasteiger partial charge in [-0.05, 0) is 91.0 Å². The van der Waals surface area contributed by atoms with Crippen LogP contribution in [0.25, 0.3) is 66.0 Å². The third-order valence-electron chi connectivity index (χ3n) is 7.18. The second-order valence-corrected chi connectivity index (χ2v) is 9.41. The van der Waals surface area contributed by atoms with Crippen molar-refractivity contribution >= 4 is 38.2 Å². The first-order valence-corrected chi connectivity index (χ1v) is 12.4. The molecule has 0 aliphatic rings. The van der Waals surface area contributed by atoms with Gasteiger partial charge in [-0.1, -0.05) is 72.8 Å². The smallest absolute Gasteiger partial charge is 0.225 e. The number of nitrogens with zero attached hydrogens (tertiary/aromatic N) is 1. The number of hydrogen-bond acceptors (Lipinski definition) is 3. The normalized spacial score (nSPS) is 11.4. The highest BCUT2D eigenvalue weighted by Crippen LogP contribution is 2.39. The minimum absolute atomic E-state index is 0.430. The summed E-state index contributed by atoms with van der Waals surface area (Å²) < 4.78 is 5.52. The SMILES string of the molecule is N=C(O)c1cccc(-c2ccc3c4ccccc4c4ccc(-c5cccc(-c6ncco6)c5)cc4c3c2)c1. The highest BCUT2D eigenvalue weighted by Gasteiger charge is 2.12. The van der Waals surface area contributed by atoms with Crippen molar-refractivity contribution in [3.05, 3.63) is 127 Å². The van der Waals surface area contributed by atoms with Crippen molar-refractivity contribution in [1.29, 1.82) is 5.41 Å². The number of aliphatic hydroxyl groups is 1. The van der Waals surface area contributed by atoms with E-state index < -0.39 is 5.90 Å². The van der Waals surface area contributed by atoms with E-state index >= 15 is 0 Å². The number of nitrogens with one attached hydrogen (secondary N) is 1. The molecule has 1 heterocycles. The molecule has 180 valence electrons. The van der Waals surface area contributed by atoms with Crippen LogP contribution in [0, 0.1) is 5.41 Å². The van der Waals surface area contributed by atoms with Crippen molar-refractivity contribution < 1.29 is 9.52 Å². The molecule has 0 bridgehead atoms. The molecule has 4 nitrogen and oxygen atoms in total. The van der Waals surface area contributed by atoms with E-state index in [0.717, 1.165) is 33.2 Å². The van der Waals surface area contributed by atoms with Gasteiger partial charge < -0.3 is 9.52 Å². The average molecular weight is 491 g/mol. The summed E-state index contributed by atoms with van der Waals surface area (Å²) in [5.41, 5.74) is 5.64. The lowest BCUT2D eigenvalue weighted by Gasteiger charge is -2.14. The van der Waals surface area contributed by atoms with Crippen molar-refractivity contribution in [3.8, 4) is 33.7 Å². The Morgan fingerprint density at radius 3 is 1.71 bits per heavy atom. The van der Waals surface area contributed by atoms with Crippen LogP contribution in [0.15, 0.2) is 126 Å². The summed E-state index contributed by atoms with van der Waals surface area (Å²) in [6.07, 6.45) is 3.25. The van der Waals surface area contributed by atoms with Gasteiger partial charge in [-0.25, -0.2) is 4.98 Å². The first-order valence-electron chi connectivity index (χ1n) is 12.4. The molecule has 7 aromatic rings. The molecule has 0 fully saturated rings. The molecule has 0 saturated heterocycles. The topological polar surface area (TPSA) is 70.1 Å². The lowest BCUT2D eigenvalue weighted by molar-refractivity contribution is 0.549. The van der Waals surface area contributed by atoms with Crippen LogP contribution in [0.2, 0.25) is 0 Å². The molecule has 0 unspecified atom stereocenters. The third kappa shape index (κ3) is 3.62. The fourth-order valence-electron chi connectivity index (χ4n) is 5.36. The molecule has 6 aromatic carbocycles. The quantitative estimate of drug-likeness (QED) is 0.147. The van der Waals surface area contributed by atoms with Gasteiger partial charge in [-0.3, -0.25) is 5.41 Å². The molecule has 7 rings (SSSR count).